The van der Waals surface area contributed by atoms with Gasteiger partial charge < -0.3 is 14.8 Å². The minimum absolute atomic E-state index is 0.156. The maximum Gasteiger partial charge on any atom is 0.226 e. The zero-order valence-corrected chi connectivity index (χ0v) is 17.1. The molecule has 0 unspecified atom stereocenters. The van der Waals surface area contributed by atoms with Gasteiger partial charge in [0.2, 0.25) is 11.8 Å². The fourth-order valence-electron chi connectivity index (χ4n) is 3.65. The summed E-state index contributed by atoms with van der Waals surface area (Å²) in [7, 11) is 1.66. The minimum Gasteiger partial charge on any atom is -0.491 e. The molecule has 0 spiro atoms. The van der Waals surface area contributed by atoms with Gasteiger partial charge in [0.05, 0.1) is 24.5 Å². The third kappa shape index (κ3) is 4.90. The molecule has 0 radical (unpaired) electrons. The Labute approximate surface area is 162 Å². The van der Waals surface area contributed by atoms with Crippen molar-refractivity contribution in [2.75, 3.05) is 12.4 Å². The highest BCUT2D eigenvalue weighted by atomic mass is 16.5. The lowest BCUT2D eigenvalue weighted by molar-refractivity contribution is 0.242. The maximum absolute atomic E-state index is 5.73. The van der Waals surface area contributed by atoms with Crippen LogP contribution in [0.1, 0.15) is 52.1 Å². The average molecular weight is 370 g/mol. The molecule has 5 nitrogen and oxygen atoms in total. The van der Waals surface area contributed by atoms with Gasteiger partial charge in [-0.2, -0.15) is 4.98 Å². The highest BCUT2D eigenvalue weighted by Gasteiger charge is 2.20. The lowest BCUT2D eigenvalue weighted by Crippen LogP contribution is -2.26. The van der Waals surface area contributed by atoms with Crippen LogP contribution in [0.2, 0.25) is 0 Å². The van der Waals surface area contributed by atoms with Crippen molar-refractivity contribution in [2.24, 2.45) is 5.92 Å². The van der Waals surface area contributed by atoms with Crippen LogP contribution >= 0.6 is 0 Å². The highest BCUT2D eigenvalue weighted by Crippen LogP contribution is 2.33. The van der Waals surface area contributed by atoms with E-state index in [1.807, 2.05) is 45.0 Å². The second-order valence-corrected chi connectivity index (χ2v) is 7.81. The lowest BCUT2D eigenvalue weighted by Gasteiger charge is -2.27. The van der Waals surface area contributed by atoms with Crippen LogP contribution in [0.25, 0.3) is 11.1 Å². The van der Waals surface area contributed by atoms with Gasteiger partial charge in [-0.1, -0.05) is 19.1 Å². The number of nitrogens with zero attached hydrogens (tertiary/aromatic N) is 2. The second-order valence-electron chi connectivity index (χ2n) is 7.81. The van der Waals surface area contributed by atoms with E-state index in [1.165, 1.54) is 25.7 Å². The van der Waals surface area contributed by atoms with E-state index < -0.39 is 0 Å². The average Bonchev–Trinajstić information content (AvgIpc) is 2.63. The molecule has 0 bridgehead atoms. The number of aryl methyl sites for hydroxylation is 1. The molecular weight excluding hydrogens is 338 g/mol. The van der Waals surface area contributed by atoms with Crippen molar-refractivity contribution in [3.05, 3.63) is 30.0 Å². The highest BCUT2D eigenvalue weighted by molar-refractivity contribution is 5.72. The van der Waals surface area contributed by atoms with E-state index in [2.05, 4.69) is 17.2 Å². The first-order valence-electron chi connectivity index (χ1n) is 9.92. The number of hydrogen-bond acceptors (Lipinski definition) is 5. The summed E-state index contributed by atoms with van der Waals surface area (Å²) in [6.07, 6.45) is 5.02. The first-order chi connectivity index (χ1) is 13.0. The van der Waals surface area contributed by atoms with Gasteiger partial charge in [-0.15, -0.1) is 0 Å². The Kier molecular flexibility index (Phi) is 6.19. The Hall–Kier alpha value is -2.30. The fourth-order valence-corrected chi connectivity index (χ4v) is 3.65. The molecular formula is C22H31N3O2. The number of aromatic nitrogens is 2. The van der Waals surface area contributed by atoms with E-state index >= 15 is 0 Å². The number of nitrogens with one attached hydrogen (secondary N) is 1. The molecule has 146 valence electrons. The summed E-state index contributed by atoms with van der Waals surface area (Å²) in [5.41, 5.74) is 2.86. The maximum atomic E-state index is 5.73. The topological polar surface area (TPSA) is 56.3 Å². The van der Waals surface area contributed by atoms with Gasteiger partial charge in [0.1, 0.15) is 5.75 Å². The van der Waals surface area contributed by atoms with E-state index in [0.717, 1.165) is 28.5 Å². The number of methoxy groups -OCH3 is 1. The van der Waals surface area contributed by atoms with E-state index in [9.17, 15) is 0 Å². The zero-order chi connectivity index (χ0) is 19.4. The van der Waals surface area contributed by atoms with Crippen LogP contribution in [-0.2, 0) is 0 Å². The fraction of sp³-hybridized carbons (Fsp3) is 0.545. The molecule has 27 heavy (non-hydrogen) atoms. The van der Waals surface area contributed by atoms with Crippen LogP contribution < -0.4 is 14.8 Å². The molecule has 1 aromatic carbocycles. The number of hydrogen-bond donors (Lipinski definition) is 1. The summed E-state index contributed by atoms with van der Waals surface area (Å²) in [5, 5.41) is 3.50. The standard InChI is InChI=1S/C22H31N3O2/c1-14(2)27-19-12-8-17(9-13-19)20-16(4)23-22(25-21(20)26-5)24-18-10-6-15(3)7-11-18/h8-9,12-15,18H,6-7,10-11H2,1-5H3,(H,23,24,25)/t15-,18-. The van der Waals surface area contributed by atoms with Gasteiger partial charge in [0.25, 0.3) is 0 Å². The van der Waals surface area contributed by atoms with E-state index in [1.54, 1.807) is 7.11 Å². The van der Waals surface area contributed by atoms with E-state index in [-0.39, 0.29) is 6.10 Å². The van der Waals surface area contributed by atoms with Crippen molar-refractivity contribution in [1.29, 1.82) is 0 Å². The summed E-state index contributed by atoms with van der Waals surface area (Å²) in [4.78, 5) is 9.35. The summed E-state index contributed by atoms with van der Waals surface area (Å²) in [6.45, 7) is 8.37. The summed E-state index contributed by atoms with van der Waals surface area (Å²) >= 11 is 0. The van der Waals surface area contributed by atoms with Gasteiger partial charge >= 0.3 is 0 Å². The first kappa shape index (κ1) is 19.5. The Morgan fingerprint density at radius 2 is 1.70 bits per heavy atom. The van der Waals surface area contributed by atoms with Crippen LogP contribution in [-0.4, -0.2) is 29.2 Å². The van der Waals surface area contributed by atoms with Crippen molar-refractivity contribution < 1.29 is 9.47 Å². The predicted octanol–water partition coefficient (Wildman–Crippen LogP) is 5.24. The van der Waals surface area contributed by atoms with Crippen molar-refractivity contribution in [3.63, 3.8) is 0 Å². The molecule has 1 heterocycles. The monoisotopic (exact) mass is 369 g/mol. The van der Waals surface area contributed by atoms with Gasteiger partial charge in [0.15, 0.2) is 0 Å². The minimum atomic E-state index is 0.156. The van der Waals surface area contributed by atoms with Gasteiger partial charge in [0, 0.05) is 6.04 Å². The molecule has 1 N–H and O–H groups in total. The van der Waals surface area contributed by atoms with Crippen LogP contribution in [0.4, 0.5) is 5.95 Å². The van der Waals surface area contributed by atoms with Gasteiger partial charge in [-0.25, -0.2) is 4.98 Å². The van der Waals surface area contributed by atoms with Crippen LogP contribution in [0, 0.1) is 12.8 Å². The molecule has 0 aliphatic heterocycles. The molecule has 1 saturated carbocycles. The summed E-state index contributed by atoms with van der Waals surface area (Å²) < 4.78 is 11.3. The molecule has 0 saturated heterocycles. The van der Waals surface area contributed by atoms with Gasteiger partial charge in [-0.3, -0.25) is 0 Å². The first-order valence-corrected chi connectivity index (χ1v) is 9.92. The van der Waals surface area contributed by atoms with Crippen LogP contribution in [0.15, 0.2) is 24.3 Å². The quantitative estimate of drug-likeness (QED) is 0.755. The smallest absolute Gasteiger partial charge is 0.226 e. The molecule has 1 fully saturated rings. The molecule has 1 aromatic heterocycles. The summed E-state index contributed by atoms with van der Waals surface area (Å²) in [5.74, 6) is 2.94. The number of ether oxygens (including phenoxy) is 2. The van der Waals surface area contributed by atoms with Crippen LogP contribution in [0.3, 0.4) is 0 Å². The number of anilines is 1. The zero-order valence-electron chi connectivity index (χ0n) is 17.1. The molecule has 0 amide bonds. The molecule has 1 aliphatic carbocycles. The van der Waals surface area contributed by atoms with Crippen molar-refractivity contribution in [3.8, 4) is 22.8 Å². The number of benzene rings is 1. The van der Waals surface area contributed by atoms with Crippen molar-refractivity contribution in [2.45, 2.75) is 65.5 Å². The largest absolute Gasteiger partial charge is 0.491 e. The van der Waals surface area contributed by atoms with Crippen molar-refractivity contribution >= 4 is 5.95 Å². The third-order valence-electron chi connectivity index (χ3n) is 5.11. The van der Waals surface area contributed by atoms with Gasteiger partial charge in [-0.05, 0) is 70.1 Å². The lowest BCUT2D eigenvalue weighted by atomic mass is 9.87. The van der Waals surface area contributed by atoms with Crippen LogP contribution in [0.5, 0.6) is 11.6 Å². The Morgan fingerprint density at radius 3 is 2.30 bits per heavy atom. The Bertz CT molecular complexity index is 751. The second kappa shape index (κ2) is 8.59. The molecule has 2 aromatic rings. The summed E-state index contributed by atoms with van der Waals surface area (Å²) in [6, 6.07) is 8.46. The molecule has 1 aliphatic rings. The Balaban J connectivity index is 1.81. The van der Waals surface area contributed by atoms with E-state index in [0.29, 0.717) is 17.9 Å². The molecule has 3 rings (SSSR count). The molecule has 0 atom stereocenters. The third-order valence-corrected chi connectivity index (χ3v) is 5.11. The molecule has 5 heteroatoms. The Morgan fingerprint density at radius 1 is 1.04 bits per heavy atom. The SMILES string of the molecule is COc1nc(N[C@H]2CC[C@H](C)CC2)nc(C)c1-c1ccc(OC(C)C)cc1. The normalized spacial score (nSPS) is 19.8. The predicted molar refractivity (Wildman–Crippen MR) is 110 cm³/mol. The van der Waals surface area contributed by atoms with E-state index in [4.69, 9.17) is 14.5 Å². The number of rotatable bonds is 6. The van der Waals surface area contributed by atoms with Crippen molar-refractivity contribution in [1.82, 2.24) is 9.97 Å².